The van der Waals surface area contributed by atoms with Crippen molar-refractivity contribution >= 4 is 18.3 Å². The van der Waals surface area contributed by atoms with Crippen molar-refractivity contribution in [2.45, 2.75) is 25.3 Å². The number of nitrogens with zero attached hydrogens (tertiary/aromatic N) is 1. The van der Waals surface area contributed by atoms with Gasteiger partial charge in [0, 0.05) is 25.6 Å². The van der Waals surface area contributed by atoms with Gasteiger partial charge in [0.15, 0.2) is 0 Å². The van der Waals surface area contributed by atoms with Crippen molar-refractivity contribution in [1.29, 1.82) is 0 Å². The summed E-state index contributed by atoms with van der Waals surface area (Å²) in [4.78, 5) is 13.7. The molecule has 0 aromatic heterocycles. The Morgan fingerprint density at radius 1 is 1.47 bits per heavy atom. The first-order valence-electron chi connectivity index (χ1n) is 5.50. The van der Waals surface area contributed by atoms with Crippen molar-refractivity contribution in [3.8, 4) is 0 Å². The lowest BCUT2D eigenvalue weighted by Gasteiger charge is -2.17. The number of hydrogen-bond donors (Lipinski definition) is 2. The molecule has 0 aliphatic carbocycles. The number of carbonyl (C=O) groups excluding carboxylic acids is 1. The zero-order valence-corrected chi connectivity index (χ0v) is 9.76. The normalized spacial score (nSPS) is 30.3. The van der Waals surface area contributed by atoms with Gasteiger partial charge in [-0.25, -0.2) is 0 Å². The molecule has 2 fully saturated rings. The summed E-state index contributed by atoms with van der Waals surface area (Å²) < 4.78 is 0. The van der Waals surface area contributed by atoms with Crippen molar-refractivity contribution in [2.24, 2.45) is 11.7 Å². The van der Waals surface area contributed by atoms with E-state index in [2.05, 4.69) is 5.32 Å². The molecule has 88 valence electrons. The van der Waals surface area contributed by atoms with Crippen LogP contribution < -0.4 is 11.1 Å². The van der Waals surface area contributed by atoms with E-state index < -0.39 is 0 Å². The van der Waals surface area contributed by atoms with E-state index in [1.807, 2.05) is 4.90 Å². The molecule has 0 aromatic rings. The van der Waals surface area contributed by atoms with Gasteiger partial charge in [-0.3, -0.25) is 4.79 Å². The molecule has 2 heterocycles. The van der Waals surface area contributed by atoms with Crippen LogP contribution in [0.4, 0.5) is 0 Å². The van der Waals surface area contributed by atoms with Crippen LogP contribution in [0.15, 0.2) is 0 Å². The average Bonchev–Trinajstić information content (AvgIpc) is 2.75. The Hall–Kier alpha value is -0.320. The number of halogens is 1. The van der Waals surface area contributed by atoms with Crippen LogP contribution in [0, 0.1) is 5.92 Å². The predicted molar refractivity (Wildman–Crippen MR) is 62.0 cm³/mol. The van der Waals surface area contributed by atoms with Gasteiger partial charge in [-0.05, 0) is 31.8 Å². The second kappa shape index (κ2) is 5.68. The lowest BCUT2D eigenvalue weighted by atomic mass is 10.0. The van der Waals surface area contributed by atoms with Crippen molar-refractivity contribution in [3.05, 3.63) is 0 Å². The monoisotopic (exact) mass is 233 g/mol. The van der Waals surface area contributed by atoms with Crippen LogP contribution in [0.2, 0.25) is 0 Å². The average molecular weight is 234 g/mol. The van der Waals surface area contributed by atoms with Crippen LogP contribution >= 0.6 is 12.4 Å². The molecule has 2 saturated heterocycles. The summed E-state index contributed by atoms with van der Waals surface area (Å²) in [6.07, 6.45) is 2.82. The van der Waals surface area contributed by atoms with E-state index in [1.165, 1.54) is 0 Å². The van der Waals surface area contributed by atoms with Crippen molar-refractivity contribution in [2.75, 3.05) is 26.2 Å². The molecule has 2 rings (SSSR count). The van der Waals surface area contributed by atoms with E-state index in [0.717, 1.165) is 39.0 Å². The van der Waals surface area contributed by atoms with E-state index in [0.29, 0.717) is 18.2 Å². The number of nitrogens with one attached hydrogen (secondary N) is 1. The first-order valence-corrected chi connectivity index (χ1v) is 5.50. The van der Waals surface area contributed by atoms with Gasteiger partial charge in [-0.2, -0.15) is 0 Å². The van der Waals surface area contributed by atoms with E-state index in [1.54, 1.807) is 0 Å². The van der Waals surface area contributed by atoms with Crippen LogP contribution in [0.1, 0.15) is 19.3 Å². The molecular formula is C10H20ClN3O. The van der Waals surface area contributed by atoms with E-state index in [9.17, 15) is 4.79 Å². The van der Waals surface area contributed by atoms with Crippen LogP contribution in [0.5, 0.6) is 0 Å². The topological polar surface area (TPSA) is 58.4 Å². The van der Waals surface area contributed by atoms with Gasteiger partial charge in [0.1, 0.15) is 0 Å². The fourth-order valence-corrected chi connectivity index (χ4v) is 2.28. The Kier molecular flexibility index (Phi) is 4.83. The minimum absolute atomic E-state index is 0. The molecule has 15 heavy (non-hydrogen) atoms. The molecule has 0 spiro atoms. The van der Waals surface area contributed by atoms with Crippen molar-refractivity contribution in [3.63, 3.8) is 0 Å². The van der Waals surface area contributed by atoms with Crippen molar-refractivity contribution < 1.29 is 4.79 Å². The standard InChI is InChI=1S/C10H19N3O.ClH/c11-9-2-4-13(7-9)10(14)5-8-1-3-12-6-8;/h8-9,12H,1-7,11H2;1H. The minimum atomic E-state index is 0. The van der Waals surface area contributed by atoms with Gasteiger partial charge >= 0.3 is 0 Å². The first kappa shape index (κ1) is 12.7. The highest BCUT2D eigenvalue weighted by Crippen LogP contribution is 2.16. The summed E-state index contributed by atoms with van der Waals surface area (Å²) in [5.74, 6) is 0.853. The summed E-state index contributed by atoms with van der Waals surface area (Å²) in [6, 6.07) is 0.209. The quantitative estimate of drug-likeness (QED) is 0.704. The van der Waals surface area contributed by atoms with Gasteiger partial charge in [0.2, 0.25) is 5.91 Å². The van der Waals surface area contributed by atoms with Crippen LogP contribution in [-0.4, -0.2) is 43.0 Å². The molecule has 2 unspecified atom stereocenters. The van der Waals surface area contributed by atoms with E-state index in [4.69, 9.17) is 5.73 Å². The third-order valence-corrected chi connectivity index (χ3v) is 3.20. The fourth-order valence-electron chi connectivity index (χ4n) is 2.28. The molecule has 0 bridgehead atoms. The molecule has 3 N–H and O–H groups in total. The number of hydrogen-bond acceptors (Lipinski definition) is 3. The highest BCUT2D eigenvalue weighted by atomic mass is 35.5. The highest BCUT2D eigenvalue weighted by molar-refractivity contribution is 5.85. The summed E-state index contributed by atoms with van der Waals surface area (Å²) in [5, 5.41) is 3.28. The lowest BCUT2D eigenvalue weighted by Crippen LogP contribution is -2.33. The third-order valence-electron chi connectivity index (χ3n) is 3.20. The molecule has 0 saturated carbocycles. The third kappa shape index (κ3) is 3.33. The summed E-state index contributed by atoms with van der Waals surface area (Å²) in [6.45, 7) is 3.70. The second-order valence-corrected chi connectivity index (χ2v) is 4.45. The zero-order chi connectivity index (χ0) is 9.97. The summed E-state index contributed by atoms with van der Waals surface area (Å²) in [7, 11) is 0. The van der Waals surface area contributed by atoms with Gasteiger partial charge in [0.05, 0.1) is 0 Å². The Bertz CT molecular complexity index is 219. The minimum Gasteiger partial charge on any atom is -0.341 e. The molecule has 2 atom stereocenters. The molecule has 0 aromatic carbocycles. The maximum atomic E-state index is 11.8. The van der Waals surface area contributed by atoms with E-state index >= 15 is 0 Å². The first-order chi connectivity index (χ1) is 6.75. The SMILES string of the molecule is Cl.NC1CCN(C(=O)CC2CCNC2)C1. The van der Waals surface area contributed by atoms with Crippen LogP contribution in [0.25, 0.3) is 0 Å². The highest BCUT2D eigenvalue weighted by Gasteiger charge is 2.26. The van der Waals surface area contributed by atoms with Crippen molar-refractivity contribution in [1.82, 2.24) is 10.2 Å². The molecule has 1 amide bonds. The van der Waals surface area contributed by atoms with Crippen LogP contribution in [-0.2, 0) is 4.79 Å². The second-order valence-electron chi connectivity index (χ2n) is 4.45. The van der Waals surface area contributed by atoms with Crippen LogP contribution in [0.3, 0.4) is 0 Å². The van der Waals surface area contributed by atoms with Gasteiger partial charge in [-0.1, -0.05) is 0 Å². The number of likely N-dealkylation sites (tertiary alicyclic amines) is 1. The molecule has 4 nitrogen and oxygen atoms in total. The maximum absolute atomic E-state index is 11.8. The molecular weight excluding hydrogens is 214 g/mol. The van der Waals surface area contributed by atoms with Gasteiger partial charge in [0.25, 0.3) is 0 Å². The Morgan fingerprint density at radius 3 is 2.80 bits per heavy atom. The molecule has 5 heteroatoms. The molecule has 2 aliphatic rings. The predicted octanol–water partition coefficient (Wildman–Crippen LogP) is -0.0326. The molecule has 0 radical (unpaired) electrons. The largest absolute Gasteiger partial charge is 0.341 e. The Morgan fingerprint density at radius 2 is 2.27 bits per heavy atom. The summed E-state index contributed by atoms with van der Waals surface area (Å²) >= 11 is 0. The Labute approximate surface area is 97.0 Å². The summed E-state index contributed by atoms with van der Waals surface area (Å²) in [5.41, 5.74) is 5.76. The lowest BCUT2D eigenvalue weighted by molar-refractivity contribution is -0.131. The number of carbonyl (C=O) groups is 1. The number of amides is 1. The fraction of sp³-hybridized carbons (Fsp3) is 0.900. The van der Waals surface area contributed by atoms with Gasteiger partial charge < -0.3 is 16.0 Å². The molecule has 2 aliphatic heterocycles. The zero-order valence-electron chi connectivity index (χ0n) is 8.95. The van der Waals surface area contributed by atoms with E-state index in [-0.39, 0.29) is 18.4 Å². The maximum Gasteiger partial charge on any atom is 0.222 e. The number of rotatable bonds is 2. The van der Waals surface area contributed by atoms with Gasteiger partial charge in [-0.15, -0.1) is 12.4 Å². The Balaban J connectivity index is 0.00000112. The smallest absolute Gasteiger partial charge is 0.222 e. The number of nitrogens with two attached hydrogens (primary N) is 1.